The maximum Gasteiger partial charge on any atom is 0.336 e. The van der Waals surface area contributed by atoms with Crippen LogP contribution < -0.4 is 10.2 Å². The fraction of sp³-hybridized carbons (Fsp3) is 0. The molecule has 0 bridgehead atoms. The standard InChI is InChI=1S/C23H16Br2N2O3/c24-19-8-4-7-17(13-19)23(29)27-26-15-18-14-20(25)10-11-21(18)30-22(28)12-9-16-5-2-1-3-6-16/h1-15H,(H,27,29)/b12-9+,26-15+. The van der Waals surface area contributed by atoms with Crippen LogP contribution >= 0.6 is 31.9 Å². The van der Waals surface area contributed by atoms with Gasteiger partial charge in [-0.05, 0) is 48.0 Å². The van der Waals surface area contributed by atoms with Gasteiger partial charge >= 0.3 is 5.97 Å². The summed E-state index contributed by atoms with van der Waals surface area (Å²) in [6, 6.07) is 21.5. The molecule has 0 fully saturated rings. The molecule has 0 aliphatic carbocycles. The molecule has 5 nitrogen and oxygen atoms in total. The number of rotatable bonds is 6. The summed E-state index contributed by atoms with van der Waals surface area (Å²) in [7, 11) is 0. The van der Waals surface area contributed by atoms with Gasteiger partial charge < -0.3 is 4.74 Å². The first kappa shape index (κ1) is 21.7. The molecule has 0 aliphatic heterocycles. The average Bonchev–Trinajstić information content (AvgIpc) is 2.75. The van der Waals surface area contributed by atoms with Crippen molar-refractivity contribution in [2.24, 2.45) is 5.10 Å². The van der Waals surface area contributed by atoms with Crippen molar-refractivity contribution >= 4 is 56.0 Å². The van der Waals surface area contributed by atoms with Gasteiger partial charge in [0.1, 0.15) is 5.75 Å². The summed E-state index contributed by atoms with van der Waals surface area (Å²) in [6.45, 7) is 0. The van der Waals surface area contributed by atoms with E-state index in [0.29, 0.717) is 16.9 Å². The quantitative estimate of drug-likeness (QED) is 0.149. The van der Waals surface area contributed by atoms with Crippen molar-refractivity contribution in [3.8, 4) is 5.75 Å². The molecule has 0 atom stereocenters. The lowest BCUT2D eigenvalue weighted by molar-refractivity contribution is -0.128. The van der Waals surface area contributed by atoms with Gasteiger partial charge in [0.05, 0.1) is 6.21 Å². The van der Waals surface area contributed by atoms with Gasteiger partial charge in [-0.15, -0.1) is 0 Å². The maximum atomic E-state index is 12.2. The van der Waals surface area contributed by atoms with E-state index >= 15 is 0 Å². The molecular weight excluding hydrogens is 512 g/mol. The Hall–Kier alpha value is -3.03. The zero-order valence-electron chi connectivity index (χ0n) is 15.6. The van der Waals surface area contributed by atoms with Crippen LogP contribution in [0.2, 0.25) is 0 Å². The molecule has 150 valence electrons. The lowest BCUT2D eigenvalue weighted by atomic mass is 10.2. The summed E-state index contributed by atoms with van der Waals surface area (Å²) >= 11 is 6.71. The van der Waals surface area contributed by atoms with E-state index in [1.54, 1.807) is 42.5 Å². The van der Waals surface area contributed by atoms with E-state index in [4.69, 9.17) is 4.74 Å². The largest absolute Gasteiger partial charge is 0.423 e. The molecule has 3 aromatic carbocycles. The molecule has 0 aliphatic rings. The summed E-state index contributed by atoms with van der Waals surface area (Å²) in [5, 5.41) is 3.98. The van der Waals surface area contributed by atoms with E-state index in [1.165, 1.54) is 12.3 Å². The van der Waals surface area contributed by atoms with E-state index in [0.717, 1.165) is 14.5 Å². The zero-order chi connectivity index (χ0) is 21.3. The second-order valence-corrected chi connectivity index (χ2v) is 7.89. The SMILES string of the molecule is O=C(/C=C/c1ccccc1)Oc1ccc(Br)cc1/C=N/NC(=O)c1cccc(Br)c1. The number of benzene rings is 3. The number of carbonyl (C=O) groups is 2. The van der Waals surface area contributed by atoms with Gasteiger partial charge in [-0.25, -0.2) is 10.2 Å². The zero-order valence-corrected chi connectivity index (χ0v) is 18.8. The Kier molecular flexibility index (Phi) is 7.70. The second kappa shape index (κ2) is 10.7. The van der Waals surface area contributed by atoms with Crippen LogP contribution in [0.1, 0.15) is 21.5 Å². The highest BCUT2D eigenvalue weighted by molar-refractivity contribution is 9.10. The molecule has 0 radical (unpaired) electrons. The molecule has 0 heterocycles. The normalized spacial score (nSPS) is 11.0. The van der Waals surface area contributed by atoms with E-state index < -0.39 is 5.97 Å². The van der Waals surface area contributed by atoms with Gasteiger partial charge in [-0.3, -0.25) is 4.79 Å². The lowest BCUT2D eigenvalue weighted by Crippen LogP contribution is -2.17. The molecule has 0 saturated heterocycles. The highest BCUT2D eigenvalue weighted by Gasteiger charge is 2.08. The summed E-state index contributed by atoms with van der Waals surface area (Å²) < 4.78 is 7.00. The van der Waals surface area contributed by atoms with Gasteiger partial charge in [0, 0.05) is 26.1 Å². The van der Waals surface area contributed by atoms with Crippen LogP contribution in [-0.4, -0.2) is 18.1 Å². The monoisotopic (exact) mass is 526 g/mol. The molecule has 7 heteroatoms. The number of hydrogen-bond acceptors (Lipinski definition) is 4. The third-order valence-electron chi connectivity index (χ3n) is 3.85. The van der Waals surface area contributed by atoms with E-state index in [9.17, 15) is 9.59 Å². The van der Waals surface area contributed by atoms with Crippen molar-refractivity contribution in [2.45, 2.75) is 0 Å². The molecule has 0 saturated carbocycles. The molecule has 3 aromatic rings. The number of hydrogen-bond donors (Lipinski definition) is 1. The number of carbonyl (C=O) groups excluding carboxylic acids is 2. The smallest absolute Gasteiger partial charge is 0.336 e. The average molecular weight is 528 g/mol. The molecule has 3 rings (SSSR count). The van der Waals surface area contributed by atoms with E-state index in [-0.39, 0.29) is 5.91 Å². The Morgan fingerprint density at radius 2 is 1.67 bits per heavy atom. The van der Waals surface area contributed by atoms with Crippen LogP contribution in [0.15, 0.2) is 92.9 Å². The Bertz CT molecular complexity index is 1110. The molecular formula is C23H16Br2N2O3. The molecule has 1 N–H and O–H groups in total. The molecule has 30 heavy (non-hydrogen) atoms. The fourth-order valence-corrected chi connectivity index (χ4v) is 3.22. The summed E-state index contributed by atoms with van der Waals surface area (Å²) in [5.74, 6) is -0.553. The van der Waals surface area contributed by atoms with Crippen LogP contribution in [0.3, 0.4) is 0 Å². The number of hydrazone groups is 1. The molecule has 0 spiro atoms. The van der Waals surface area contributed by atoms with Crippen molar-refractivity contribution in [2.75, 3.05) is 0 Å². The van der Waals surface area contributed by atoms with Gasteiger partial charge in [0.25, 0.3) is 5.91 Å². The predicted molar refractivity (Wildman–Crippen MR) is 124 cm³/mol. The Morgan fingerprint density at radius 3 is 2.43 bits per heavy atom. The first-order valence-electron chi connectivity index (χ1n) is 8.85. The van der Waals surface area contributed by atoms with Crippen molar-refractivity contribution in [1.82, 2.24) is 5.43 Å². The van der Waals surface area contributed by atoms with E-state index in [2.05, 4.69) is 42.4 Å². The van der Waals surface area contributed by atoms with E-state index in [1.807, 2.05) is 36.4 Å². The van der Waals surface area contributed by atoms with Crippen LogP contribution in [-0.2, 0) is 4.79 Å². The Balaban J connectivity index is 1.68. The number of esters is 1. The van der Waals surface area contributed by atoms with Gasteiger partial charge in [-0.2, -0.15) is 5.10 Å². The number of amides is 1. The Labute approximate surface area is 190 Å². The molecule has 0 aromatic heterocycles. The topological polar surface area (TPSA) is 67.8 Å². The highest BCUT2D eigenvalue weighted by Crippen LogP contribution is 2.22. The maximum absolute atomic E-state index is 12.2. The third kappa shape index (κ3) is 6.50. The second-order valence-electron chi connectivity index (χ2n) is 6.06. The Morgan fingerprint density at radius 1 is 0.900 bits per heavy atom. The lowest BCUT2D eigenvalue weighted by Gasteiger charge is -2.06. The van der Waals surface area contributed by atoms with Crippen molar-refractivity contribution < 1.29 is 14.3 Å². The van der Waals surface area contributed by atoms with Gasteiger partial charge in [0.15, 0.2) is 0 Å². The number of nitrogens with one attached hydrogen (secondary N) is 1. The minimum atomic E-state index is -0.519. The number of halogens is 2. The molecule has 0 unspecified atom stereocenters. The first-order chi connectivity index (χ1) is 14.5. The van der Waals surface area contributed by atoms with Crippen molar-refractivity contribution in [1.29, 1.82) is 0 Å². The number of nitrogens with zero attached hydrogens (tertiary/aromatic N) is 1. The van der Waals surface area contributed by atoms with Crippen LogP contribution in [0, 0.1) is 0 Å². The minimum absolute atomic E-state index is 0.321. The highest BCUT2D eigenvalue weighted by atomic mass is 79.9. The van der Waals surface area contributed by atoms with Gasteiger partial charge in [0.2, 0.25) is 0 Å². The number of ether oxygens (including phenoxy) is 1. The summed E-state index contributed by atoms with van der Waals surface area (Å²) in [5.41, 5.74) is 4.35. The van der Waals surface area contributed by atoms with Gasteiger partial charge in [-0.1, -0.05) is 68.3 Å². The van der Waals surface area contributed by atoms with Crippen LogP contribution in [0.4, 0.5) is 0 Å². The van der Waals surface area contributed by atoms with Crippen molar-refractivity contribution in [3.63, 3.8) is 0 Å². The van der Waals surface area contributed by atoms with Crippen LogP contribution in [0.5, 0.6) is 5.75 Å². The molecule has 1 amide bonds. The third-order valence-corrected chi connectivity index (χ3v) is 4.84. The summed E-state index contributed by atoms with van der Waals surface area (Å²) in [6.07, 6.45) is 4.45. The first-order valence-corrected chi connectivity index (χ1v) is 10.4. The summed E-state index contributed by atoms with van der Waals surface area (Å²) in [4.78, 5) is 24.4. The predicted octanol–water partition coefficient (Wildman–Crippen LogP) is 5.59. The van der Waals surface area contributed by atoms with Crippen molar-refractivity contribution in [3.05, 3.63) is 105 Å². The minimum Gasteiger partial charge on any atom is -0.423 e. The fourth-order valence-electron chi connectivity index (χ4n) is 2.44. The van der Waals surface area contributed by atoms with Crippen LogP contribution in [0.25, 0.3) is 6.08 Å².